The lowest BCUT2D eigenvalue weighted by Gasteiger charge is -2.15. The van der Waals surface area contributed by atoms with E-state index in [1.54, 1.807) is 11.8 Å². The van der Waals surface area contributed by atoms with Crippen molar-refractivity contribution in [1.29, 1.82) is 0 Å². The first-order valence-electron chi connectivity index (χ1n) is 8.26. The van der Waals surface area contributed by atoms with Crippen LogP contribution in [-0.2, 0) is 0 Å². The molecule has 0 aromatic heterocycles. The van der Waals surface area contributed by atoms with Crippen LogP contribution < -0.4 is 0 Å². The van der Waals surface area contributed by atoms with Crippen molar-refractivity contribution >= 4 is 11.8 Å². The topological polar surface area (TPSA) is 0 Å². The molecule has 24 heavy (non-hydrogen) atoms. The van der Waals surface area contributed by atoms with Crippen LogP contribution in [0.5, 0.6) is 0 Å². The fraction of sp³-hybridized carbons (Fsp3) is 0.304. The van der Waals surface area contributed by atoms with Gasteiger partial charge in [0.15, 0.2) is 0 Å². The number of hydrogen-bond donors (Lipinski definition) is 0. The Labute approximate surface area is 153 Å². The van der Waals surface area contributed by atoms with E-state index in [4.69, 9.17) is 6.42 Å². The Kier molecular flexibility index (Phi) is 12.4. The summed E-state index contributed by atoms with van der Waals surface area (Å²) in [5.74, 6) is 2.86. The highest BCUT2D eigenvalue weighted by Gasteiger charge is 2.13. The zero-order valence-corrected chi connectivity index (χ0v) is 16.5. The molecule has 0 saturated carbocycles. The van der Waals surface area contributed by atoms with Gasteiger partial charge in [0, 0.05) is 5.57 Å². The molecule has 0 radical (unpaired) electrons. The summed E-state index contributed by atoms with van der Waals surface area (Å²) in [5, 5.41) is 0.188. The van der Waals surface area contributed by atoms with Gasteiger partial charge < -0.3 is 0 Å². The largest absolute Gasteiger partial charge is 0.152 e. The monoisotopic (exact) mass is 338 g/mol. The lowest BCUT2D eigenvalue weighted by molar-refractivity contribution is 1.15. The number of terminal acetylenes is 1. The lowest BCUT2D eigenvalue weighted by atomic mass is 10.0. The molecular formula is C23H30S. The van der Waals surface area contributed by atoms with Crippen molar-refractivity contribution < 1.29 is 0 Å². The second-order valence-corrected chi connectivity index (χ2v) is 6.12. The highest BCUT2D eigenvalue weighted by molar-refractivity contribution is 7.99. The summed E-state index contributed by atoms with van der Waals surface area (Å²) < 4.78 is 0. The number of hydrogen-bond acceptors (Lipinski definition) is 1. The van der Waals surface area contributed by atoms with Crippen LogP contribution in [0.15, 0.2) is 83.6 Å². The minimum absolute atomic E-state index is 0.188. The average molecular weight is 339 g/mol. The van der Waals surface area contributed by atoms with Crippen molar-refractivity contribution in [2.45, 2.75) is 39.4 Å². The number of rotatable bonds is 9. The van der Waals surface area contributed by atoms with Gasteiger partial charge in [0.2, 0.25) is 0 Å². The summed E-state index contributed by atoms with van der Waals surface area (Å²) in [6.45, 7) is 12.2. The Bertz CT molecular complexity index is 613. The molecule has 0 aromatic carbocycles. The van der Waals surface area contributed by atoms with E-state index in [2.05, 4.69) is 69.1 Å². The van der Waals surface area contributed by atoms with Crippen LogP contribution in [0.4, 0.5) is 0 Å². The van der Waals surface area contributed by atoms with Gasteiger partial charge in [0.25, 0.3) is 0 Å². The molecule has 0 N–H and O–H groups in total. The summed E-state index contributed by atoms with van der Waals surface area (Å²) in [6.07, 6.45) is 27.4. The number of allylic oxidation sites excluding steroid dienone is 11. The van der Waals surface area contributed by atoms with Crippen molar-refractivity contribution in [2.75, 3.05) is 6.26 Å². The fourth-order valence-corrected chi connectivity index (χ4v) is 3.04. The Hall–Kier alpha value is -1.91. The van der Waals surface area contributed by atoms with Crippen LogP contribution in [-0.4, -0.2) is 11.5 Å². The third kappa shape index (κ3) is 8.09. The van der Waals surface area contributed by atoms with Gasteiger partial charge >= 0.3 is 0 Å². The SMILES string of the molecule is C#C\C(=C/C=C(/C=C\C(=C)/C=C/C)CC)C(SC)C(/C=C/C)=C/C. The minimum atomic E-state index is 0.188. The quantitative estimate of drug-likeness (QED) is 0.328. The van der Waals surface area contributed by atoms with E-state index >= 15 is 0 Å². The highest BCUT2D eigenvalue weighted by atomic mass is 32.2. The molecule has 0 aliphatic heterocycles. The standard InChI is InChI=1S/C23H30S/c1-8-13-19(6)15-16-20(10-3)17-18-22(12-5)23(24-7)21(11-4)14-9-2/h5,8-9,11,13-18,23H,6,10H2,1-4,7H3/b13-8+,14-9+,16-15-,20-17+,21-11+,22-18+. The van der Waals surface area contributed by atoms with Crippen molar-refractivity contribution in [1.82, 2.24) is 0 Å². The van der Waals surface area contributed by atoms with Gasteiger partial charge in [-0.1, -0.05) is 68.0 Å². The molecule has 128 valence electrons. The molecule has 0 nitrogen and oxygen atoms in total. The van der Waals surface area contributed by atoms with Gasteiger partial charge in [0.1, 0.15) is 0 Å². The van der Waals surface area contributed by atoms with E-state index in [-0.39, 0.29) is 5.25 Å². The molecule has 0 aliphatic carbocycles. The zero-order chi connectivity index (χ0) is 18.4. The van der Waals surface area contributed by atoms with Crippen molar-refractivity contribution in [3.63, 3.8) is 0 Å². The third-order valence-electron chi connectivity index (χ3n) is 3.46. The first-order chi connectivity index (χ1) is 11.6. The molecule has 0 spiro atoms. The summed E-state index contributed by atoms with van der Waals surface area (Å²) >= 11 is 1.76. The van der Waals surface area contributed by atoms with Crippen LogP contribution in [0, 0.1) is 12.3 Å². The predicted molar refractivity (Wildman–Crippen MR) is 114 cm³/mol. The van der Waals surface area contributed by atoms with Crippen LogP contribution in [0.1, 0.15) is 34.1 Å². The highest BCUT2D eigenvalue weighted by Crippen LogP contribution is 2.25. The van der Waals surface area contributed by atoms with E-state index in [0.717, 1.165) is 17.6 Å². The van der Waals surface area contributed by atoms with Gasteiger partial charge in [-0.25, -0.2) is 0 Å². The van der Waals surface area contributed by atoms with Crippen LogP contribution in [0.2, 0.25) is 0 Å². The average Bonchev–Trinajstić information content (AvgIpc) is 2.59. The molecule has 1 atom stereocenters. The number of thioether (sulfide) groups is 1. The fourth-order valence-electron chi connectivity index (χ4n) is 2.15. The Balaban J connectivity index is 5.54. The van der Waals surface area contributed by atoms with Gasteiger partial charge in [-0.2, -0.15) is 11.8 Å². The summed E-state index contributed by atoms with van der Waals surface area (Å²) in [6, 6.07) is 0. The molecule has 1 heteroatoms. The second kappa shape index (κ2) is 13.5. The normalized spacial score (nSPS) is 15.4. The summed E-state index contributed by atoms with van der Waals surface area (Å²) in [5.41, 5.74) is 4.43. The summed E-state index contributed by atoms with van der Waals surface area (Å²) in [7, 11) is 0. The van der Waals surface area contributed by atoms with E-state index in [9.17, 15) is 0 Å². The first-order valence-corrected chi connectivity index (χ1v) is 9.55. The Morgan fingerprint density at radius 3 is 2.21 bits per heavy atom. The van der Waals surface area contributed by atoms with Crippen molar-refractivity contribution in [3.8, 4) is 12.3 Å². The van der Waals surface area contributed by atoms with Crippen molar-refractivity contribution in [2.24, 2.45) is 0 Å². The molecule has 0 heterocycles. The smallest absolute Gasteiger partial charge is 0.0619 e. The van der Waals surface area contributed by atoms with E-state index in [1.807, 2.05) is 32.1 Å². The molecular weight excluding hydrogens is 308 g/mol. The Morgan fingerprint density at radius 2 is 1.75 bits per heavy atom. The molecule has 0 aliphatic rings. The van der Waals surface area contributed by atoms with Gasteiger partial charge in [-0.05, 0) is 56.2 Å². The van der Waals surface area contributed by atoms with Gasteiger partial charge in [0.05, 0.1) is 5.25 Å². The Morgan fingerprint density at radius 1 is 1.08 bits per heavy atom. The van der Waals surface area contributed by atoms with Crippen molar-refractivity contribution in [3.05, 3.63) is 83.6 Å². The van der Waals surface area contributed by atoms with E-state index in [1.165, 1.54) is 11.1 Å². The zero-order valence-electron chi connectivity index (χ0n) is 15.7. The van der Waals surface area contributed by atoms with E-state index < -0.39 is 0 Å². The predicted octanol–water partition coefficient (Wildman–Crippen LogP) is 6.82. The molecule has 0 fully saturated rings. The van der Waals surface area contributed by atoms with E-state index in [0.29, 0.717) is 0 Å². The van der Waals surface area contributed by atoms with Crippen LogP contribution in [0.3, 0.4) is 0 Å². The summed E-state index contributed by atoms with van der Waals surface area (Å²) in [4.78, 5) is 0. The maximum absolute atomic E-state index is 5.77. The van der Waals surface area contributed by atoms with Crippen LogP contribution >= 0.6 is 11.8 Å². The first kappa shape index (κ1) is 22.1. The maximum Gasteiger partial charge on any atom is 0.0619 e. The van der Waals surface area contributed by atoms with Crippen LogP contribution in [0.25, 0.3) is 0 Å². The molecule has 0 saturated heterocycles. The van der Waals surface area contributed by atoms with Gasteiger partial charge in [-0.3, -0.25) is 0 Å². The second-order valence-electron chi connectivity index (χ2n) is 5.17. The maximum atomic E-state index is 5.77. The lowest BCUT2D eigenvalue weighted by Crippen LogP contribution is -2.07. The minimum Gasteiger partial charge on any atom is -0.152 e. The third-order valence-corrected chi connectivity index (χ3v) is 4.45. The molecule has 0 aromatic rings. The molecule has 0 amide bonds. The van der Waals surface area contributed by atoms with Gasteiger partial charge in [-0.15, -0.1) is 6.42 Å². The molecule has 0 rings (SSSR count). The molecule has 0 bridgehead atoms. The molecule has 1 unspecified atom stereocenters.